The Labute approximate surface area is 114 Å². The molecule has 0 spiro atoms. The van der Waals surface area contributed by atoms with E-state index in [1.54, 1.807) is 0 Å². The van der Waals surface area contributed by atoms with Crippen LogP contribution in [0.5, 0.6) is 0 Å². The van der Waals surface area contributed by atoms with Crippen LogP contribution in [0, 0.1) is 0 Å². The average molecular weight is 255 g/mol. The molecule has 1 aromatic carbocycles. The largest absolute Gasteiger partial charge is 0.326 e. The summed E-state index contributed by atoms with van der Waals surface area (Å²) in [6.07, 6.45) is 6.47. The van der Waals surface area contributed by atoms with Crippen LogP contribution in [0.25, 0.3) is 0 Å². The van der Waals surface area contributed by atoms with Gasteiger partial charge in [0.25, 0.3) is 0 Å². The van der Waals surface area contributed by atoms with Crippen LogP contribution in [-0.2, 0) is 5.41 Å². The minimum atomic E-state index is 0.199. The van der Waals surface area contributed by atoms with Gasteiger partial charge in [-0.3, -0.25) is 0 Å². The molecule has 2 aromatic rings. The van der Waals surface area contributed by atoms with Gasteiger partial charge >= 0.3 is 0 Å². The molecule has 3 heteroatoms. The molecule has 1 aliphatic carbocycles. The third-order valence-electron chi connectivity index (χ3n) is 3.62. The molecule has 1 aromatic heterocycles. The molecule has 0 unspecified atom stereocenters. The second-order valence-electron chi connectivity index (χ2n) is 6.34. The lowest BCUT2D eigenvalue weighted by molar-refractivity contribution is 0.590. The maximum absolute atomic E-state index is 4.40. The first-order chi connectivity index (χ1) is 9.04. The molecule has 1 aliphatic rings. The van der Waals surface area contributed by atoms with Crippen LogP contribution in [-0.4, -0.2) is 9.55 Å². The van der Waals surface area contributed by atoms with Crippen molar-refractivity contribution in [3.05, 3.63) is 42.2 Å². The Morgan fingerprint density at radius 3 is 2.42 bits per heavy atom. The first-order valence-electron chi connectivity index (χ1n) is 6.94. The summed E-state index contributed by atoms with van der Waals surface area (Å²) in [4.78, 5) is 4.40. The molecule has 0 saturated heterocycles. The topological polar surface area (TPSA) is 29.9 Å². The molecule has 19 heavy (non-hydrogen) atoms. The van der Waals surface area contributed by atoms with Crippen molar-refractivity contribution in [2.45, 2.75) is 45.1 Å². The van der Waals surface area contributed by atoms with Gasteiger partial charge in [-0.15, -0.1) is 0 Å². The zero-order chi connectivity index (χ0) is 13.5. The lowest BCUT2D eigenvalue weighted by Gasteiger charge is -2.19. The maximum Gasteiger partial charge on any atom is 0.207 e. The van der Waals surface area contributed by atoms with Gasteiger partial charge in [-0.05, 0) is 36.0 Å². The van der Waals surface area contributed by atoms with E-state index < -0.39 is 0 Å². The van der Waals surface area contributed by atoms with Crippen molar-refractivity contribution in [1.82, 2.24) is 9.55 Å². The summed E-state index contributed by atoms with van der Waals surface area (Å²) < 4.78 is 2.23. The van der Waals surface area contributed by atoms with Crippen LogP contribution >= 0.6 is 0 Å². The summed E-state index contributed by atoms with van der Waals surface area (Å²) >= 11 is 0. The SMILES string of the molecule is CC(C)(C)c1ccc(Nc2nccn2C2CC2)cc1. The summed E-state index contributed by atoms with van der Waals surface area (Å²) in [6, 6.07) is 9.29. The number of hydrogen-bond acceptors (Lipinski definition) is 2. The highest BCUT2D eigenvalue weighted by Gasteiger charge is 2.25. The maximum atomic E-state index is 4.40. The lowest BCUT2D eigenvalue weighted by atomic mass is 9.87. The summed E-state index contributed by atoms with van der Waals surface area (Å²) in [5.74, 6) is 0.950. The molecule has 1 N–H and O–H groups in total. The molecule has 0 bridgehead atoms. The predicted molar refractivity (Wildman–Crippen MR) is 78.9 cm³/mol. The highest BCUT2D eigenvalue weighted by atomic mass is 15.2. The number of rotatable bonds is 3. The molecular formula is C16H21N3. The Morgan fingerprint density at radius 1 is 1.16 bits per heavy atom. The van der Waals surface area contributed by atoms with Gasteiger partial charge in [-0.2, -0.15) is 0 Å². The van der Waals surface area contributed by atoms with Gasteiger partial charge in [0.05, 0.1) is 0 Å². The third kappa shape index (κ3) is 2.65. The smallest absolute Gasteiger partial charge is 0.207 e. The Morgan fingerprint density at radius 2 is 1.84 bits per heavy atom. The van der Waals surface area contributed by atoms with Crippen molar-refractivity contribution >= 4 is 11.6 Å². The molecule has 100 valence electrons. The van der Waals surface area contributed by atoms with Gasteiger partial charge in [0.15, 0.2) is 0 Å². The van der Waals surface area contributed by atoms with E-state index in [0.717, 1.165) is 11.6 Å². The number of hydrogen-bond donors (Lipinski definition) is 1. The molecule has 3 rings (SSSR count). The average Bonchev–Trinajstić information content (AvgIpc) is 3.10. The molecule has 3 nitrogen and oxygen atoms in total. The van der Waals surface area contributed by atoms with Crippen molar-refractivity contribution < 1.29 is 0 Å². The van der Waals surface area contributed by atoms with Gasteiger partial charge in [0, 0.05) is 24.1 Å². The molecule has 1 fully saturated rings. The number of imidazole rings is 1. The van der Waals surface area contributed by atoms with Crippen molar-refractivity contribution in [2.75, 3.05) is 5.32 Å². The molecule has 0 aliphatic heterocycles. The second-order valence-corrected chi connectivity index (χ2v) is 6.34. The number of aromatic nitrogens is 2. The first-order valence-corrected chi connectivity index (χ1v) is 6.94. The lowest BCUT2D eigenvalue weighted by Crippen LogP contribution is -2.10. The molecule has 1 saturated carbocycles. The van der Waals surface area contributed by atoms with Crippen LogP contribution < -0.4 is 5.32 Å². The van der Waals surface area contributed by atoms with Crippen LogP contribution in [0.3, 0.4) is 0 Å². The summed E-state index contributed by atoms with van der Waals surface area (Å²) in [6.45, 7) is 6.69. The number of anilines is 2. The van der Waals surface area contributed by atoms with E-state index in [2.05, 4.69) is 66.1 Å². The highest BCUT2D eigenvalue weighted by Crippen LogP contribution is 2.37. The summed E-state index contributed by atoms with van der Waals surface area (Å²) in [5.41, 5.74) is 2.65. The van der Waals surface area contributed by atoms with Gasteiger partial charge < -0.3 is 9.88 Å². The summed E-state index contributed by atoms with van der Waals surface area (Å²) in [7, 11) is 0. The standard InChI is InChI=1S/C16H21N3/c1-16(2,3)12-4-6-13(7-5-12)18-15-17-10-11-19(15)14-8-9-14/h4-7,10-11,14H,8-9H2,1-3H3,(H,17,18). The van der Waals surface area contributed by atoms with E-state index in [1.807, 2.05) is 6.20 Å². The van der Waals surface area contributed by atoms with Crippen molar-refractivity contribution in [3.8, 4) is 0 Å². The van der Waals surface area contributed by atoms with Gasteiger partial charge in [0.1, 0.15) is 0 Å². The van der Waals surface area contributed by atoms with E-state index in [9.17, 15) is 0 Å². The Bertz CT molecular complexity index is 556. The van der Waals surface area contributed by atoms with Crippen LogP contribution in [0.15, 0.2) is 36.7 Å². The van der Waals surface area contributed by atoms with E-state index in [1.165, 1.54) is 18.4 Å². The Balaban J connectivity index is 1.78. The van der Waals surface area contributed by atoms with Crippen molar-refractivity contribution in [1.29, 1.82) is 0 Å². The van der Waals surface area contributed by atoms with Crippen LogP contribution in [0.2, 0.25) is 0 Å². The fraction of sp³-hybridized carbons (Fsp3) is 0.438. The fourth-order valence-electron chi connectivity index (χ4n) is 2.24. The second kappa shape index (κ2) is 4.41. The summed E-state index contributed by atoms with van der Waals surface area (Å²) in [5, 5.41) is 3.40. The minimum absolute atomic E-state index is 0.199. The Hall–Kier alpha value is -1.77. The predicted octanol–water partition coefficient (Wildman–Crippen LogP) is 4.26. The van der Waals surface area contributed by atoms with E-state index in [0.29, 0.717) is 6.04 Å². The van der Waals surface area contributed by atoms with Crippen molar-refractivity contribution in [3.63, 3.8) is 0 Å². The van der Waals surface area contributed by atoms with E-state index in [4.69, 9.17) is 0 Å². The Kier molecular flexibility index (Phi) is 2.85. The quantitative estimate of drug-likeness (QED) is 0.888. The normalized spacial score (nSPS) is 15.5. The van der Waals surface area contributed by atoms with Crippen molar-refractivity contribution in [2.24, 2.45) is 0 Å². The molecular weight excluding hydrogens is 234 g/mol. The van der Waals surface area contributed by atoms with Gasteiger partial charge in [-0.25, -0.2) is 4.98 Å². The van der Waals surface area contributed by atoms with Gasteiger partial charge in [-0.1, -0.05) is 32.9 Å². The fourth-order valence-corrected chi connectivity index (χ4v) is 2.24. The number of benzene rings is 1. The highest BCUT2D eigenvalue weighted by molar-refractivity contribution is 5.54. The van der Waals surface area contributed by atoms with E-state index in [-0.39, 0.29) is 5.41 Å². The molecule has 0 atom stereocenters. The number of nitrogens with zero attached hydrogens (tertiary/aromatic N) is 2. The number of nitrogens with one attached hydrogen (secondary N) is 1. The third-order valence-corrected chi connectivity index (χ3v) is 3.62. The molecule has 0 amide bonds. The van der Waals surface area contributed by atoms with Gasteiger partial charge in [0.2, 0.25) is 5.95 Å². The molecule has 1 heterocycles. The van der Waals surface area contributed by atoms with Crippen LogP contribution in [0.1, 0.15) is 45.2 Å². The zero-order valence-electron chi connectivity index (χ0n) is 11.9. The van der Waals surface area contributed by atoms with Crippen LogP contribution in [0.4, 0.5) is 11.6 Å². The van der Waals surface area contributed by atoms with E-state index >= 15 is 0 Å². The zero-order valence-corrected chi connectivity index (χ0v) is 11.9. The monoisotopic (exact) mass is 255 g/mol. The minimum Gasteiger partial charge on any atom is -0.326 e. The molecule has 0 radical (unpaired) electrons. The first kappa shape index (κ1) is 12.3.